The van der Waals surface area contributed by atoms with Crippen molar-refractivity contribution in [1.29, 1.82) is 0 Å². The standard InChI is InChI=1S/C22H15BrCl2N2O4/c23-16-5-3-15(4-6-16)22(29)31-18-8-1-14(2-9-18)12-26-27-21(28)13-30-20-10-7-17(24)11-19(20)25/h1-12H,13H2,(H,27,28). The summed E-state index contributed by atoms with van der Waals surface area (Å²) in [6.07, 6.45) is 1.45. The third-order valence-corrected chi connectivity index (χ3v) is 4.89. The molecular weight excluding hydrogens is 507 g/mol. The number of carbonyl (C=O) groups is 2. The Morgan fingerprint density at radius 3 is 2.39 bits per heavy atom. The number of nitrogens with one attached hydrogen (secondary N) is 1. The second kappa shape index (κ2) is 10.9. The lowest BCUT2D eigenvalue weighted by Crippen LogP contribution is -2.24. The van der Waals surface area contributed by atoms with Crippen molar-refractivity contribution in [3.63, 3.8) is 0 Å². The first-order valence-electron chi connectivity index (χ1n) is 8.88. The molecule has 0 bridgehead atoms. The largest absolute Gasteiger partial charge is 0.482 e. The van der Waals surface area contributed by atoms with E-state index in [0.29, 0.717) is 32.7 Å². The van der Waals surface area contributed by atoms with Crippen LogP contribution in [0.1, 0.15) is 15.9 Å². The van der Waals surface area contributed by atoms with Crippen LogP contribution in [-0.2, 0) is 4.79 Å². The molecule has 0 saturated heterocycles. The molecule has 31 heavy (non-hydrogen) atoms. The molecule has 9 heteroatoms. The van der Waals surface area contributed by atoms with Gasteiger partial charge in [-0.1, -0.05) is 39.1 Å². The summed E-state index contributed by atoms with van der Waals surface area (Å²) in [5, 5.41) is 4.65. The summed E-state index contributed by atoms with van der Waals surface area (Å²) < 4.78 is 11.5. The summed E-state index contributed by atoms with van der Waals surface area (Å²) in [7, 11) is 0. The molecule has 3 aromatic carbocycles. The molecule has 0 aliphatic carbocycles. The van der Waals surface area contributed by atoms with Gasteiger partial charge in [0.15, 0.2) is 6.61 Å². The van der Waals surface area contributed by atoms with E-state index in [4.69, 9.17) is 32.7 Å². The molecule has 1 N–H and O–H groups in total. The molecule has 0 heterocycles. The monoisotopic (exact) mass is 520 g/mol. The Hall–Kier alpha value is -2.87. The van der Waals surface area contributed by atoms with Gasteiger partial charge >= 0.3 is 5.97 Å². The molecule has 0 radical (unpaired) electrons. The van der Waals surface area contributed by atoms with E-state index in [-0.39, 0.29) is 6.61 Å². The van der Waals surface area contributed by atoms with Crippen LogP contribution < -0.4 is 14.9 Å². The van der Waals surface area contributed by atoms with E-state index in [1.54, 1.807) is 60.7 Å². The van der Waals surface area contributed by atoms with Gasteiger partial charge in [-0.25, -0.2) is 10.2 Å². The van der Waals surface area contributed by atoms with Crippen LogP contribution in [0.5, 0.6) is 11.5 Å². The number of rotatable bonds is 7. The fourth-order valence-electron chi connectivity index (χ4n) is 2.32. The molecule has 0 aliphatic rings. The molecule has 0 fully saturated rings. The molecule has 0 atom stereocenters. The second-order valence-corrected chi connectivity index (χ2v) is 7.88. The summed E-state index contributed by atoms with van der Waals surface area (Å²) in [5.41, 5.74) is 3.49. The first-order valence-corrected chi connectivity index (χ1v) is 10.4. The van der Waals surface area contributed by atoms with Gasteiger partial charge in [-0.3, -0.25) is 4.79 Å². The molecule has 158 valence electrons. The smallest absolute Gasteiger partial charge is 0.343 e. The summed E-state index contributed by atoms with van der Waals surface area (Å²) in [6.45, 7) is -0.260. The highest BCUT2D eigenvalue weighted by molar-refractivity contribution is 9.10. The van der Waals surface area contributed by atoms with E-state index in [1.807, 2.05) is 0 Å². The van der Waals surface area contributed by atoms with Gasteiger partial charge < -0.3 is 9.47 Å². The maximum Gasteiger partial charge on any atom is 0.343 e. The minimum absolute atomic E-state index is 0.260. The number of benzene rings is 3. The first kappa shape index (κ1) is 22.8. The fourth-order valence-corrected chi connectivity index (χ4v) is 3.05. The zero-order chi connectivity index (χ0) is 22.2. The highest BCUT2D eigenvalue weighted by Gasteiger charge is 2.08. The van der Waals surface area contributed by atoms with Crippen LogP contribution in [0, 0.1) is 0 Å². The molecule has 0 aromatic heterocycles. The minimum atomic E-state index is -0.457. The number of hydrazone groups is 1. The van der Waals surface area contributed by atoms with Gasteiger partial charge in [-0.15, -0.1) is 0 Å². The fraction of sp³-hybridized carbons (Fsp3) is 0.0455. The number of hydrogen-bond acceptors (Lipinski definition) is 5. The van der Waals surface area contributed by atoms with E-state index in [0.717, 1.165) is 4.47 Å². The van der Waals surface area contributed by atoms with Crippen molar-refractivity contribution in [2.75, 3.05) is 6.61 Å². The van der Waals surface area contributed by atoms with Crippen LogP contribution in [0.25, 0.3) is 0 Å². The van der Waals surface area contributed by atoms with Gasteiger partial charge in [0, 0.05) is 9.50 Å². The zero-order valence-corrected chi connectivity index (χ0v) is 18.9. The van der Waals surface area contributed by atoms with Gasteiger partial charge in [-0.05, 0) is 72.3 Å². The SMILES string of the molecule is O=C(COc1ccc(Cl)cc1Cl)NN=Cc1ccc(OC(=O)c2ccc(Br)cc2)cc1. The van der Waals surface area contributed by atoms with E-state index < -0.39 is 11.9 Å². The maximum atomic E-state index is 12.1. The molecule has 3 rings (SSSR count). The summed E-state index contributed by atoms with van der Waals surface area (Å²) in [5.74, 6) is -0.176. The van der Waals surface area contributed by atoms with Gasteiger partial charge in [0.25, 0.3) is 5.91 Å². The van der Waals surface area contributed by atoms with E-state index >= 15 is 0 Å². The Kier molecular flexibility index (Phi) is 8.06. The van der Waals surface area contributed by atoms with Crippen LogP contribution >= 0.6 is 39.1 Å². The lowest BCUT2D eigenvalue weighted by atomic mass is 10.2. The van der Waals surface area contributed by atoms with Gasteiger partial charge in [0.1, 0.15) is 11.5 Å². The Morgan fingerprint density at radius 1 is 1.00 bits per heavy atom. The number of amides is 1. The molecule has 1 amide bonds. The molecular formula is C22H15BrCl2N2O4. The molecule has 0 unspecified atom stereocenters. The van der Waals surface area contributed by atoms with Crippen molar-refractivity contribution in [2.45, 2.75) is 0 Å². The van der Waals surface area contributed by atoms with Crippen molar-refractivity contribution >= 4 is 57.2 Å². The highest BCUT2D eigenvalue weighted by atomic mass is 79.9. The summed E-state index contributed by atoms with van der Waals surface area (Å²) >= 11 is 15.1. The maximum absolute atomic E-state index is 12.1. The second-order valence-electron chi connectivity index (χ2n) is 6.12. The van der Waals surface area contributed by atoms with Gasteiger partial charge in [0.2, 0.25) is 0 Å². The van der Waals surface area contributed by atoms with Crippen LogP contribution in [0.2, 0.25) is 10.0 Å². The third-order valence-electron chi connectivity index (χ3n) is 3.83. The molecule has 6 nitrogen and oxygen atoms in total. The average Bonchev–Trinajstić information content (AvgIpc) is 2.75. The number of carbonyl (C=O) groups excluding carboxylic acids is 2. The first-order chi connectivity index (χ1) is 14.9. The number of esters is 1. The van der Waals surface area contributed by atoms with Crippen molar-refractivity contribution in [2.24, 2.45) is 5.10 Å². The van der Waals surface area contributed by atoms with Crippen molar-refractivity contribution < 1.29 is 19.1 Å². The average molecular weight is 522 g/mol. The van der Waals surface area contributed by atoms with E-state index in [2.05, 4.69) is 26.5 Å². The normalized spacial score (nSPS) is 10.7. The van der Waals surface area contributed by atoms with Crippen molar-refractivity contribution in [1.82, 2.24) is 5.43 Å². The molecule has 3 aromatic rings. The van der Waals surface area contributed by atoms with Crippen molar-refractivity contribution in [3.8, 4) is 11.5 Å². The summed E-state index contributed by atoms with van der Waals surface area (Å²) in [4.78, 5) is 24.0. The van der Waals surface area contributed by atoms with Crippen LogP contribution in [0.15, 0.2) is 76.3 Å². The lowest BCUT2D eigenvalue weighted by molar-refractivity contribution is -0.123. The Morgan fingerprint density at radius 2 is 1.71 bits per heavy atom. The minimum Gasteiger partial charge on any atom is -0.482 e. The number of hydrogen-bond donors (Lipinski definition) is 1. The third kappa shape index (κ3) is 7.10. The van der Waals surface area contributed by atoms with Crippen LogP contribution in [0.3, 0.4) is 0 Å². The highest BCUT2D eigenvalue weighted by Crippen LogP contribution is 2.27. The van der Waals surface area contributed by atoms with E-state index in [9.17, 15) is 9.59 Å². The van der Waals surface area contributed by atoms with Crippen LogP contribution in [0.4, 0.5) is 0 Å². The molecule has 0 aliphatic heterocycles. The summed E-state index contributed by atoms with van der Waals surface area (Å²) in [6, 6.07) is 18.2. The topological polar surface area (TPSA) is 77.0 Å². The zero-order valence-electron chi connectivity index (χ0n) is 15.8. The Balaban J connectivity index is 1.47. The number of halogens is 3. The number of ether oxygens (including phenoxy) is 2. The van der Waals surface area contributed by atoms with Gasteiger partial charge in [0.05, 0.1) is 16.8 Å². The molecule has 0 saturated carbocycles. The van der Waals surface area contributed by atoms with Crippen LogP contribution in [-0.4, -0.2) is 24.7 Å². The van der Waals surface area contributed by atoms with Crippen molar-refractivity contribution in [3.05, 3.63) is 92.4 Å². The quantitative estimate of drug-likeness (QED) is 0.192. The predicted molar refractivity (Wildman–Crippen MR) is 123 cm³/mol. The Labute approximate surface area is 196 Å². The lowest BCUT2D eigenvalue weighted by Gasteiger charge is -2.07. The number of nitrogens with zero attached hydrogens (tertiary/aromatic N) is 1. The van der Waals surface area contributed by atoms with E-state index in [1.165, 1.54) is 12.3 Å². The van der Waals surface area contributed by atoms with Gasteiger partial charge in [-0.2, -0.15) is 5.10 Å². The molecule has 0 spiro atoms. The Bertz CT molecular complexity index is 1100. The predicted octanol–water partition coefficient (Wildman–Crippen LogP) is 5.50.